The highest BCUT2D eigenvalue weighted by atomic mass is 16.2. The van der Waals surface area contributed by atoms with Crippen molar-refractivity contribution >= 4 is 17.5 Å². The molecule has 0 bridgehead atoms. The van der Waals surface area contributed by atoms with E-state index in [4.69, 9.17) is 0 Å². The molecule has 0 radical (unpaired) electrons. The summed E-state index contributed by atoms with van der Waals surface area (Å²) < 4.78 is 0. The molecule has 2 amide bonds. The number of benzene rings is 2. The second-order valence-electron chi connectivity index (χ2n) is 5.24. The van der Waals surface area contributed by atoms with Crippen molar-refractivity contribution in [3.63, 3.8) is 0 Å². The zero-order chi connectivity index (χ0) is 14.8. The minimum atomic E-state index is -0.324. The van der Waals surface area contributed by atoms with E-state index in [0.717, 1.165) is 12.2 Å². The van der Waals surface area contributed by atoms with Crippen LogP contribution in [-0.4, -0.2) is 18.4 Å². The Kier molecular flexibility index (Phi) is 3.44. The van der Waals surface area contributed by atoms with E-state index in [9.17, 15) is 9.59 Å². The first-order chi connectivity index (χ1) is 10.1. The van der Waals surface area contributed by atoms with Crippen molar-refractivity contribution in [1.29, 1.82) is 0 Å². The Balaban J connectivity index is 1.71. The van der Waals surface area contributed by atoms with Crippen LogP contribution in [0.25, 0.3) is 0 Å². The molecule has 0 spiro atoms. The fourth-order valence-electron chi connectivity index (χ4n) is 2.45. The molecule has 2 aromatic rings. The largest absolute Gasteiger partial charge is 0.384 e. The Morgan fingerprint density at radius 1 is 1.00 bits per heavy atom. The monoisotopic (exact) mass is 280 g/mol. The number of carbonyl (C=O) groups excluding carboxylic acids is 2. The summed E-state index contributed by atoms with van der Waals surface area (Å²) in [6, 6.07) is 15.5. The van der Waals surface area contributed by atoms with Gasteiger partial charge in [0.15, 0.2) is 0 Å². The van der Waals surface area contributed by atoms with Crippen molar-refractivity contribution in [3.8, 4) is 0 Å². The summed E-state index contributed by atoms with van der Waals surface area (Å²) in [6.07, 6.45) is 0. The smallest absolute Gasteiger partial charge is 0.259 e. The van der Waals surface area contributed by atoms with Gasteiger partial charge in [0.25, 0.3) is 11.8 Å². The Labute approximate surface area is 123 Å². The Morgan fingerprint density at radius 2 is 1.71 bits per heavy atom. The van der Waals surface area contributed by atoms with E-state index in [-0.39, 0.29) is 11.8 Å². The van der Waals surface area contributed by atoms with Gasteiger partial charge in [0.05, 0.1) is 11.1 Å². The fourth-order valence-corrected chi connectivity index (χ4v) is 2.45. The molecule has 2 N–H and O–H groups in total. The second-order valence-corrected chi connectivity index (χ2v) is 5.24. The van der Waals surface area contributed by atoms with Crippen LogP contribution in [0.4, 0.5) is 5.69 Å². The summed E-state index contributed by atoms with van der Waals surface area (Å²) in [5.74, 6) is -0.288. The van der Waals surface area contributed by atoms with Crippen molar-refractivity contribution in [2.24, 2.45) is 0 Å². The first-order valence-corrected chi connectivity index (χ1v) is 6.93. The first-order valence-electron chi connectivity index (χ1n) is 6.93. The summed E-state index contributed by atoms with van der Waals surface area (Å²) >= 11 is 0. The Morgan fingerprint density at radius 3 is 2.48 bits per heavy atom. The maximum Gasteiger partial charge on any atom is 0.259 e. The highest BCUT2D eigenvalue weighted by molar-refractivity contribution is 6.21. The number of fused-ring (bicyclic) bond motifs is 1. The number of amides is 2. The quantitative estimate of drug-likeness (QED) is 0.847. The normalized spacial score (nSPS) is 14.5. The van der Waals surface area contributed by atoms with E-state index in [1.54, 1.807) is 12.1 Å². The van der Waals surface area contributed by atoms with Gasteiger partial charge in [-0.3, -0.25) is 14.9 Å². The molecule has 1 aliphatic heterocycles. The third-order valence-corrected chi connectivity index (χ3v) is 3.72. The lowest BCUT2D eigenvalue weighted by Crippen LogP contribution is -2.19. The van der Waals surface area contributed by atoms with Gasteiger partial charge in [0.1, 0.15) is 0 Å². The van der Waals surface area contributed by atoms with E-state index in [1.807, 2.05) is 24.3 Å². The Bertz CT molecular complexity index is 695. The van der Waals surface area contributed by atoms with Crippen LogP contribution in [0.15, 0.2) is 48.5 Å². The molecule has 1 aliphatic rings. The van der Waals surface area contributed by atoms with Gasteiger partial charge in [-0.05, 0) is 29.7 Å². The summed E-state index contributed by atoms with van der Waals surface area (Å²) in [6.45, 7) is 2.91. The van der Waals surface area contributed by atoms with E-state index >= 15 is 0 Å². The van der Waals surface area contributed by atoms with E-state index in [2.05, 4.69) is 29.7 Å². The molecule has 0 aliphatic carbocycles. The molecule has 2 aromatic carbocycles. The first kappa shape index (κ1) is 13.4. The SMILES string of the molecule is CC(CNc1ccc2c(c1)C(=O)NC2=O)c1ccccc1. The predicted molar refractivity (Wildman–Crippen MR) is 81.6 cm³/mol. The second kappa shape index (κ2) is 5.40. The van der Waals surface area contributed by atoms with Crippen LogP contribution in [-0.2, 0) is 0 Å². The van der Waals surface area contributed by atoms with Gasteiger partial charge in [-0.25, -0.2) is 0 Å². The fraction of sp³-hybridized carbons (Fsp3) is 0.176. The summed E-state index contributed by atoms with van der Waals surface area (Å²) in [5, 5.41) is 5.61. The third kappa shape index (κ3) is 2.65. The number of nitrogens with one attached hydrogen (secondary N) is 2. The summed E-state index contributed by atoms with van der Waals surface area (Å²) in [5.41, 5.74) is 3.00. The molecule has 4 nitrogen and oxygen atoms in total. The van der Waals surface area contributed by atoms with Crippen LogP contribution < -0.4 is 10.6 Å². The lowest BCUT2D eigenvalue weighted by atomic mass is 10.0. The number of rotatable bonds is 4. The zero-order valence-electron chi connectivity index (χ0n) is 11.7. The molecule has 1 heterocycles. The third-order valence-electron chi connectivity index (χ3n) is 3.72. The van der Waals surface area contributed by atoms with Crippen LogP contribution >= 0.6 is 0 Å². The van der Waals surface area contributed by atoms with Crippen LogP contribution in [0.1, 0.15) is 39.1 Å². The molecule has 3 rings (SSSR count). The Hall–Kier alpha value is -2.62. The van der Waals surface area contributed by atoms with Gasteiger partial charge in [0, 0.05) is 12.2 Å². The predicted octanol–water partition coefficient (Wildman–Crippen LogP) is 2.79. The standard InChI is InChI=1S/C17H16N2O2/c1-11(12-5-3-2-4-6-12)10-18-13-7-8-14-15(9-13)17(21)19-16(14)20/h2-9,11,18H,10H2,1H3,(H,19,20,21). The van der Waals surface area contributed by atoms with Crippen molar-refractivity contribution < 1.29 is 9.59 Å². The number of anilines is 1. The number of hydrogen-bond acceptors (Lipinski definition) is 3. The average Bonchev–Trinajstić information content (AvgIpc) is 2.80. The molecular weight excluding hydrogens is 264 g/mol. The highest BCUT2D eigenvalue weighted by Gasteiger charge is 2.26. The molecular formula is C17H16N2O2. The average molecular weight is 280 g/mol. The minimum Gasteiger partial charge on any atom is -0.384 e. The van der Waals surface area contributed by atoms with Crippen LogP contribution in [0, 0.1) is 0 Å². The van der Waals surface area contributed by atoms with E-state index in [1.165, 1.54) is 5.56 Å². The maximum atomic E-state index is 11.6. The van der Waals surface area contributed by atoms with Crippen molar-refractivity contribution in [3.05, 3.63) is 65.2 Å². The summed E-state index contributed by atoms with van der Waals surface area (Å²) in [7, 11) is 0. The topological polar surface area (TPSA) is 58.2 Å². The van der Waals surface area contributed by atoms with Crippen molar-refractivity contribution in [2.45, 2.75) is 12.8 Å². The van der Waals surface area contributed by atoms with Gasteiger partial charge in [0.2, 0.25) is 0 Å². The van der Waals surface area contributed by atoms with Crippen molar-refractivity contribution in [1.82, 2.24) is 5.32 Å². The number of carbonyl (C=O) groups is 2. The molecule has 1 unspecified atom stereocenters. The summed E-state index contributed by atoms with van der Waals surface area (Å²) in [4.78, 5) is 23.1. The van der Waals surface area contributed by atoms with Crippen LogP contribution in [0.5, 0.6) is 0 Å². The van der Waals surface area contributed by atoms with Crippen molar-refractivity contribution in [2.75, 3.05) is 11.9 Å². The van der Waals surface area contributed by atoms with E-state index in [0.29, 0.717) is 17.0 Å². The maximum absolute atomic E-state index is 11.6. The molecule has 0 saturated carbocycles. The van der Waals surface area contributed by atoms with Gasteiger partial charge in [-0.1, -0.05) is 37.3 Å². The van der Waals surface area contributed by atoms with Gasteiger partial charge < -0.3 is 5.32 Å². The minimum absolute atomic E-state index is 0.320. The molecule has 0 aromatic heterocycles. The lowest BCUT2D eigenvalue weighted by molar-refractivity contribution is 0.0879. The molecule has 0 fully saturated rings. The molecule has 0 saturated heterocycles. The number of imide groups is 1. The molecule has 21 heavy (non-hydrogen) atoms. The van der Waals surface area contributed by atoms with Crippen LogP contribution in [0.2, 0.25) is 0 Å². The molecule has 4 heteroatoms. The van der Waals surface area contributed by atoms with Gasteiger partial charge in [-0.15, -0.1) is 0 Å². The molecule has 1 atom stereocenters. The van der Waals surface area contributed by atoms with Gasteiger partial charge in [-0.2, -0.15) is 0 Å². The lowest BCUT2D eigenvalue weighted by Gasteiger charge is -2.14. The van der Waals surface area contributed by atoms with E-state index < -0.39 is 0 Å². The van der Waals surface area contributed by atoms with Gasteiger partial charge >= 0.3 is 0 Å². The zero-order valence-corrected chi connectivity index (χ0v) is 11.7. The number of hydrogen-bond donors (Lipinski definition) is 2. The molecule has 106 valence electrons. The highest BCUT2D eigenvalue weighted by Crippen LogP contribution is 2.21. The van der Waals surface area contributed by atoms with Crippen LogP contribution in [0.3, 0.4) is 0 Å².